The van der Waals surface area contributed by atoms with Crippen LogP contribution in [-0.2, 0) is 0 Å². The van der Waals surface area contributed by atoms with Crippen molar-refractivity contribution in [2.45, 2.75) is 37.7 Å². The zero-order chi connectivity index (χ0) is 8.20. The Morgan fingerprint density at radius 3 is 2.40 bits per heavy atom. The second-order valence-corrected chi connectivity index (χ2v) is 5.09. The van der Waals surface area contributed by atoms with Gasteiger partial charge < -0.3 is 0 Å². The van der Waals surface area contributed by atoms with E-state index in [0.29, 0.717) is 5.54 Å². The first kappa shape index (κ1) is 10.5. The van der Waals surface area contributed by atoms with Crippen molar-refractivity contribution < 1.29 is 0 Å². The molecule has 3 heteroatoms. The summed E-state index contributed by atoms with van der Waals surface area (Å²) in [4.78, 5) is -0.157. The Morgan fingerprint density at radius 2 is 2.10 bits per heavy atom. The molecule has 2 unspecified atom stereocenters. The molecule has 0 saturated heterocycles. The maximum Gasteiger partial charge on any atom is 0.0903 e. The highest BCUT2D eigenvalue weighted by Crippen LogP contribution is 2.26. The van der Waals surface area contributed by atoms with Gasteiger partial charge in [0.15, 0.2) is 0 Å². The standard InChI is InChI=1S/C7H18ClNSi/c1-4-6(10)7(3,8)9-5-2/h6,9H,4-5H2,1-3,10H3. The van der Waals surface area contributed by atoms with Crippen LogP contribution in [0.5, 0.6) is 0 Å². The molecule has 62 valence electrons. The van der Waals surface area contributed by atoms with Crippen LogP contribution in [0, 0.1) is 0 Å². The number of rotatable bonds is 4. The first-order valence-electron chi connectivity index (χ1n) is 3.98. The van der Waals surface area contributed by atoms with Gasteiger partial charge in [-0.05, 0) is 19.0 Å². The number of alkyl halides is 1. The molecular formula is C7H18ClNSi. The predicted molar refractivity (Wildman–Crippen MR) is 51.9 cm³/mol. The maximum atomic E-state index is 6.21. The molecule has 0 heterocycles. The van der Waals surface area contributed by atoms with Crippen LogP contribution in [0.2, 0.25) is 5.54 Å². The second-order valence-electron chi connectivity index (χ2n) is 2.92. The molecular weight excluding hydrogens is 162 g/mol. The lowest BCUT2D eigenvalue weighted by Gasteiger charge is -2.29. The molecule has 0 aromatic rings. The largest absolute Gasteiger partial charge is 0.299 e. The van der Waals surface area contributed by atoms with Crippen LogP contribution in [0.25, 0.3) is 0 Å². The van der Waals surface area contributed by atoms with Crippen LogP contribution in [0.4, 0.5) is 0 Å². The van der Waals surface area contributed by atoms with E-state index in [1.807, 2.05) is 0 Å². The molecule has 0 spiro atoms. The average molecular weight is 180 g/mol. The van der Waals surface area contributed by atoms with Gasteiger partial charge in [-0.2, -0.15) is 0 Å². The molecule has 0 amide bonds. The molecule has 10 heavy (non-hydrogen) atoms. The van der Waals surface area contributed by atoms with Gasteiger partial charge in [0.2, 0.25) is 0 Å². The van der Waals surface area contributed by atoms with Crippen molar-refractivity contribution in [3.63, 3.8) is 0 Å². The van der Waals surface area contributed by atoms with Crippen LogP contribution >= 0.6 is 11.6 Å². The molecule has 1 nitrogen and oxygen atoms in total. The molecule has 0 saturated carbocycles. The van der Waals surface area contributed by atoms with Crippen molar-refractivity contribution >= 4 is 21.8 Å². The van der Waals surface area contributed by atoms with Crippen LogP contribution in [0.3, 0.4) is 0 Å². The van der Waals surface area contributed by atoms with Crippen LogP contribution in [-0.4, -0.2) is 21.8 Å². The highest BCUT2D eigenvalue weighted by Gasteiger charge is 2.25. The quantitative estimate of drug-likeness (QED) is 0.388. The summed E-state index contributed by atoms with van der Waals surface area (Å²) in [6.45, 7) is 7.30. The SMILES string of the molecule is CCNC(C)(Cl)C([SiH3])CC. The number of nitrogens with one attached hydrogen (secondary N) is 1. The van der Waals surface area contributed by atoms with E-state index in [0.717, 1.165) is 6.54 Å². The van der Waals surface area contributed by atoms with Crippen molar-refractivity contribution in [2.75, 3.05) is 6.54 Å². The van der Waals surface area contributed by atoms with Crippen molar-refractivity contribution in [2.24, 2.45) is 0 Å². The summed E-state index contributed by atoms with van der Waals surface area (Å²) >= 11 is 6.21. The van der Waals surface area contributed by atoms with E-state index in [1.54, 1.807) is 0 Å². The van der Waals surface area contributed by atoms with Crippen molar-refractivity contribution in [1.82, 2.24) is 5.32 Å². The minimum atomic E-state index is -0.157. The molecule has 0 aliphatic carbocycles. The summed E-state index contributed by atoms with van der Waals surface area (Å²) in [6.07, 6.45) is 1.18. The lowest BCUT2D eigenvalue weighted by atomic mass is 10.2. The van der Waals surface area contributed by atoms with Gasteiger partial charge in [-0.25, -0.2) is 0 Å². The van der Waals surface area contributed by atoms with E-state index in [9.17, 15) is 0 Å². The third-order valence-corrected chi connectivity index (χ3v) is 4.90. The first-order chi connectivity index (χ1) is 4.54. The molecule has 0 aromatic carbocycles. The third kappa shape index (κ3) is 3.04. The Labute approximate surface area is 72.0 Å². The summed E-state index contributed by atoms with van der Waals surface area (Å²) < 4.78 is 0. The van der Waals surface area contributed by atoms with Gasteiger partial charge in [0.1, 0.15) is 0 Å². The monoisotopic (exact) mass is 179 g/mol. The van der Waals surface area contributed by atoms with Gasteiger partial charge in [-0.15, -0.1) is 11.6 Å². The second kappa shape index (κ2) is 4.37. The highest BCUT2D eigenvalue weighted by molar-refractivity contribution is 6.29. The average Bonchev–Trinajstić information content (AvgIpc) is 1.86. The lowest BCUT2D eigenvalue weighted by molar-refractivity contribution is 0.467. The lowest BCUT2D eigenvalue weighted by Crippen LogP contribution is -2.40. The zero-order valence-corrected chi connectivity index (χ0v) is 10.1. The smallest absolute Gasteiger partial charge is 0.0903 e. The van der Waals surface area contributed by atoms with Crippen molar-refractivity contribution in [3.8, 4) is 0 Å². The highest BCUT2D eigenvalue weighted by atomic mass is 35.5. The van der Waals surface area contributed by atoms with Crippen molar-refractivity contribution in [1.29, 1.82) is 0 Å². The Morgan fingerprint density at radius 1 is 1.60 bits per heavy atom. The topological polar surface area (TPSA) is 12.0 Å². The minimum Gasteiger partial charge on any atom is -0.299 e. The van der Waals surface area contributed by atoms with Gasteiger partial charge in [0.05, 0.1) is 5.00 Å². The summed E-state index contributed by atoms with van der Waals surface area (Å²) in [6, 6.07) is 0. The fraction of sp³-hybridized carbons (Fsp3) is 1.00. The van der Waals surface area contributed by atoms with E-state index in [-0.39, 0.29) is 5.00 Å². The maximum absolute atomic E-state index is 6.21. The molecule has 0 aliphatic heterocycles. The molecule has 0 bridgehead atoms. The Kier molecular flexibility index (Phi) is 4.57. The van der Waals surface area contributed by atoms with E-state index in [2.05, 4.69) is 26.1 Å². The molecule has 0 aromatic heterocycles. The molecule has 0 aliphatic rings. The Balaban J connectivity index is 3.82. The fourth-order valence-corrected chi connectivity index (χ4v) is 1.40. The summed E-state index contributed by atoms with van der Waals surface area (Å²) in [5, 5.41) is 3.27. The zero-order valence-electron chi connectivity index (χ0n) is 7.37. The molecule has 1 N–H and O–H groups in total. The Hall–Kier alpha value is 0.467. The summed E-state index contributed by atoms with van der Waals surface area (Å²) in [7, 11) is 1.17. The van der Waals surface area contributed by atoms with E-state index in [4.69, 9.17) is 11.6 Å². The van der Waals surface area contributed by atoms with Gasteiger partial charge in [0.25, 0.3) is 0 Å². The minimum absolute atomic E-state index is 0.157. The molecule has 0 radical (unpaired) electrons. The number of halogens is 1. The number of hydrogen-bond acceptors (Lipinski definition) is 1. The van der Waals surface area contributed by atoms with Crippen LogP contribution in [0.1, 0.15) is 27.2 Å². The van der Waals surface area contributed by atoms with E-state index < -0.39 is 0 Å². The summed E-state index contributed by atoms with van der Waals surface area (Å²) in [5.74, 6) is 0. The van der Waals surface area contributed by atoms with Gasteiger partial charge in [0, 0.05) is 10.2 Å². The number of hydrogen-bond donors (Lipinski definition) is 1. The molecule has 2 atom stereocenters. The molecule has 0 fully saturated rings. The van der Waals surface area contributed by atoms with E-state index in [1.165, 1.54) is 16.7 Å². The van der Waals surface area contributed by atoms with E-state index >= 15 is 0 Å². The third-order valence-electron chi connectivity index (χ3n) is 2.06. The normalized spacial score (nSPS) is 20.4. The predicted octanol–water partition coefficient (Wildman–Crippen LogP) is 1.11. The van der Waals surface area contributed by atoms with Gasteiger partial charge in [-0.1, -0.05) is 20.3 Å². The first-order valence-corrected chi connectivity index (χ1v) is 5.51. The Bertz CT molecular complexity index is 95.6. The van der Waals surface area contributed by atoms with Gasteiger partial charge >= 0.3 is 0 Å². The van der Waals surface area contributed by atoms with Crippen LogP contribution in [0.15, 0.2) is 0 Å². The fourth-order valence-electron chi connectivity index (χ4n) is 0.903. The van der Waals surface area contributed by atoms with Gasteiger partial charge in [-0.3, -0.25) is 5.32 Å². The van der Waals surface area contributed by atoms with Crippen LogP contribution < -0.4 is 5.32 Å². The summed E-state index contributed by atoms with van der Waals surface area (Å²) in [5.41, 5.74) is 0.661. The molecule has 0 rings (SSSR count). The van der Waals surface area contributed by atoms with Crippen molar-refractivity contribution in [3.05, 3.63) is 0 Å².